The molecule has 0 saturated carbocycles. The average Bonchev–Trinajstić information content (AvgIpc) is 2.36. The minimum absolute atomic E-state index is 0.565. The molecule has 0 spiro atoms. The Kier molecular flexibility index (Phi) is 2.95. The van der Waals surface area contributed by atoms with Gasteiger partial charge in [-0.15, -0.1) is 0 Å². The molecule has 0 fully saturated rings. The standard InChI is InChI=1S/C13H13NO3/c1-8(13(15)16)12-6-9-3-4-11(17-2)5-10(9)7-14-12/h3-8H,1-2H3,(H,15,16). The van der Waals surface area contributed by atoms with Gasteiger partial charge in [-0.2, -0.15) is 0 Å². The van der Waals surface area contributed by atoms with Crippen molar-refractivity contribution in [3.8, 4) is 5.75 Å². The normalized spacial score (nSPS) is 12.4. The topological polar surface area (TPSA) is 59.4 Å². The highest BCUT2D eigenvalue weighted by atomic mass is 16.5. The summed E-state index contributed by atoms with van der Waals surface area (Å²) in [6, 6.07) is 7.41. The van der Waals surface area contributed by atoms with Crippen LogP contribution in [0.4, 0.5) is 0 Å². The van der Waals surface area contributed by atoms with E-state index in [1.165, 1.54) is 0 Å². The van der Waals surface area contributed by atoms with Gasteiger partial charge in [-0.1, -0.05) is 6.07 Å². The molecule has 1 unspecified atom stereocenters. The molecule has 2 rings (SSSR count). The van der Waals surface area contributed by atoms with E-state index in [1.807, 2.05) is 18.2 Å². The minimum atomic E-state index is -0.870. The second-order valence-electron chi connectivity index (χ2n) is 3.88. The molecule has 1 aromatic heterocycles. The number of hydrogen-bond acceptors (Lipinski definition) is 3. The predicted octanol–water partition coefficient (Wildman–Crippen LogP) is 2.43. The lowest BCUT2D eigenvalue weighted by Crippen LogP contribution is -2.08. The maximum Gasteiger partial charge on any atom is 0.312 e. The van der Waals surface area contributed by atoms with Crippen LogP contribution in [0.3, 0.4) is 0 Å². The number of carbonyl (C=O) groups is 1. The lowest BCUT2D eigenvalue weighted by Gasteiger charge is -2.07. The Morgan fingerprint density at radius 3 is 2.76 bits per heavy atom. The zero-order valence-corrected chi connectivity index (χ0v) is 9.68. The van der Waals surface area contributed by atoms with Gasteiger partial charge in [0.1, 0.15) is 5.75 Å². The summed E-state index contributed by atoms with van der Waals surface area (Å²) in [6.45, 7) is 1.63. The fraction of sp³-hybridized carbons (Fsp3) is 0.231. The first-order valence-electron chi connectivity index (χ1n) is 5.28. The molecule has 0 aliphatic carbocycles. The van der Waals surface area contributed by atoms with E-state index in [9.17, 15) is 4.79 Å². The third-order valence-corrected chi connectivity index (χ3v) is 2.76. The number of carboxylic acid groups (broad SMARTS) is 1. The molecular weight excluding hydrogens is 218 g/mol. The second-order valence-corrected chi connectivity index (χ2v) is 3.88. The first kappa shape index (κ1) is 11.4. The Balaban J connectivity index is 2.48. The average molecular weight is 231 g/mol. The van der Waals surface area contributed by atoms with Crippen molar-refractivity contribution in [2.75, 3.05) is 7.11 Å². The predicted molar refractivity (Wildman–Crippen MR) is 64.3 cm³/mol. The molecule has 0 aliphatic rings. The highest BCUT2D eigenvalue weighted by Crippen LogP contribution is 2.23. The highest BCUT2D eigenvalue weighted by molar-refractivity contribution is 5.85. The van der Waals surface area contributed by atoms with Crippen LogP contribution < -0.4 is 4.74 Å². The highest BCUT2D eigenvalue weighted by Gasteiger charge is 2.15. The van der Waals surface area contributed by atoms with Gasteiger partial charge in [0.2, 0.25) is 0 Å². The van der Waals surface area contributed by atoms with Crippen molar-refractivity contribution in [1.82, 2.24) is 4.98 Å². The lowest BCUT2D eigenvalue weighted by molar-refractivity contribution is -0.138. The number of rotatable bonds is 3. The number of benzene rings is 1. The van der Waals surface area contributed by atoms with Crippen LogP contribution in [-0.4, -0.2) is 23.2 Å². The lowest BCUT2D eigenvalue weighted by atomic mass is 10.0. The van der Waals surface area contributed by atoms with Gasteiger partial charge in [0.05, 0.1) is 18.7 Å². The summed E-state index contributed by atoms with van der Waals surface area (Å²) in [4.78, 5) is 15.0. The van der Waals surface area contributed by atoms with Crippen molar-refractivity contribution < 1.29 is 14.6 Å². The second kappa shape index (κ2) is 4.41. The first-order valence-corrected chi connectivity index (χ1v) is 5.28. The molecule has 1 heterocycles. The number of aliphatic carboxylic acids is 1. The molecule has 17 heavy (non-hydrogen) atoms. The molecule has 4 heteroatoms. The summed E-state index contributed by atoms with van der Waals surface area (Å²) >= 11 is 0. The summed E-state index contributed by atoms with van der Waals surface area (Å²) in [5, 5.41) is 10.8. The van der Waals surface area contributed by atoms with Crippen molar-refractivity contribution in [2.24, 2.45) is 0 Å². The van der Waals surface area contributed by atoms with Crippen LogP contribution in [0.2, 0.25) is 0 Å². The monoisotopic (exact) mass is 231 g/mol. The molecular formula is C13H13NO3. The van der Waals surface area contributed by atoms with Gasteiger partial charge in [0.25, 0.3) is 0 Å². The summed E-state index contributed by atoms with van der Waals surface area (Å²) in [5.41, 5.74) is 0.565. The number of fused-ring (bicyclic) bond motifs is 1. The molecule has 0 saturated heterocycles. The van der Waals surface area contributed by atoms with Crippen molar-refractivity contribution in [2.45, 2.75) is 12.8 Å². The molecule has 0 amide bonds. The first-order chi connectivity index (χ1) is 8.11. The zero-order chi connectivity index (χ0) is 12.4. The van der Waals surface area contributed by atoms with Gasteiger partial charge in [0, 0.05) is 11.6 Å². The number of nitrogens with zero attached hydrogens (tertiary/aromatic N) is 1. The summed E-state index contributed by atoms with van der Waals surface area (Å²) < 4.78 is 5.12. The zero-order valence-electron chi connectivity index (χ0n) is 9.68. The van der Waals surface area contributed by atoms with E-state index in [1.54, 1.807) is 26.3 Å². The summed E-state index contributed by atoms with van der Waals surface area (Å²) in [5.74, 6) is -0.704. The molecule has 0 aliphatic heterocycles. The number of hydrogen-bond donors (Lipinski definition) is 1. The van der Waals surface area contributed by atoms with E-state index in [0.717, 1.165) is 16.5 Å². The Morgan fingerprint density at radius 2 is 2.12 bits per heavy atom. The van der Waals surface area contributed by atoms with Crippen LogP contribution >= 0.6 is 0 Å². The number of ether oxygens (including phenoxy) is 1. The molecule has 0 radical (unpaired) electrons. The molecule has 1 N–H and O–H groups in total. The Hall–Kier alpha value is -2.10. The third-order valence-electron chi connectivity index (χ3n) is 2.76. The number of carboxylic acids is 1. The van der Waals surface area contributed by atoms with Crippen LogP contribution in [0.25, 0.3) is 10.8 Å². The Morgan fingerprint density at radius 1 is 1.35 bits per heavy atom. The summed E-state index contributed by atoms with van der Waals surface area (Å²) in [6.07, 6.45) is 1.67. The van der Waals surface area contributed by atoms with E-state index >= 15 is 0 Å². The summed E-state index contributed by atoms with van der Waals surface area (Å²) in [7, 11) is 1.61. The van der Waals surface area contributed by atoms with E-state index in [-0.39, 0.29) is 0 Å². The van der Waals surface area contributed by atoms with Gasteiger partial charge in [-0.05, 0) is 30.5 Å². The molecule has 1 atom stereocenters. The van der Waals surface area contributed by atoms with Crippen LogP contribution in [0.1, 0.15) is 18.5 Å². The van der Waals surface area contributed by atoms with Crippen molar-refractivity contribution in [3.05, 3.63) is 36.2 Å². The molecule has 0 bridgehead atoms. The van der Waals surface area contributed by atoms with Gasteiger partial charge in [-0.3, -0.25) is 9.78 Å². The molecule has 1 aromatic carbocycles. The fourth-order valence-electron chi connectivity index (χ4n) is 1.63. The largest absolute Gasteiger partial charge is 0.497 e. The quantitative estimate of drug-likeness (QED) is 0.881. The molecule has 2 aromatic rings. The maximum absolute atomic E-state index is 10.9. The van der Waals surface area contributed by atoms with Crippen molar-refractivity contribution in [1.29, 1.82) is 0 Å². The van der Waals surface area contributed by atoms with Gasteiger partial charge in [0.15, 0.2) is 0 Å². The van der Waals surface area contributed by atoms with E-state index in [0.29, 0.717) is 5.69 Å². The van der Waals surface area contributed by atoms with E-state index < -0.39 is 11.9 Å². The van der Waals surface area contributed by atoms with Gasteiger partial charge in [-0.25, -0.2) is 0 Å². The van der Waals surface area contributed by atoms with E-state index in [4.69, 9.17) is 9.84 Å². The number of pyridine rings is 1. The number of methoxy groups -OCH3 is 1. The van der Waals surface area contributed by atoms with Gasteiger partial charge < -0.3 is 9.84 Å². The molecule has 88 valence electrons. The Labute approximate surface area is 98.9 Å². The van der Waals surface area contributed by atoms with Crippen molar-refractivity contribution >= 4 is 16.7 Å². The van der Waals surface area contributed by atoms with Crippen LogP contribution in [0.5, 0.6) is 5.75 Å². The number of aromatic nitrogens is 1. The maximum atomic E-state index is 10.9. The van der Waals surface area contributed by atoms with Crippen molar-refractivity contribution in [3.63, 3.8) is 0 Å². The SMILES string of the molecule is COc1ccc2cc(C(C)C(=O)O)ncc2c1. The van der Waals surface area contributed by atoms with Crippen LogP contribution in [0, 0.1) is 0 Å². The fourth-order valence-corrected chi connectivity index (χ4v) is 1.63. The van der Waals surface area contributed by atoms with Gasteiger partial charge >= 0.3 is 5.97 Å². The van der Waals surface area contributed by atoms with Crippen LogP contribution in [-0.2, 0) is 4.79 Å². The van der Waals surface area contributed by atoms with Crippen LogP contribution in [0.15, 0.2) is 30.5 Å². The molecule has 4 nitrogen and oxygen atoms in total. The minimum Gasteiger partial charge on any atom is -0.497 e. The smallest absolute Gasteiger partial charge is 0.312 e. The third kappa shape index (κ3) is 2.20. The Bertz CT molecular complexity index is 566. The van der Waals surface area contributed by atoms with E-state index in [2.05, 4.69) is 4.98 Å².